The normalized spacial score (nSPS) is 10.8. The summed E-state index contributed by atoms with van der Waals surface area (Å²) >= 11 is 6.68. The maximum absolute atomic E-state index is 12.2. The number of alkyl halides is 1. The van der Waals surface area contributed by atoms with Crippen molar-refractivity contribution in [3.05, 3.63) is 11.8 Å². The summed E-state index contributed by atoms with van der Waals surface area (Å²) < 4.78 is 0. The molecular formula is C17H27BrN2OS2. The van der Waals surface area contributed by atoms with Gasteiger partial charge in [-0.25, -0.2) is 4.98 Å². The van der Waals surface area contributed by atoms with Gasteiger partial charge in [0.1, 0.15) is 5.03 Å². The molecule has 0 fully saturated rings. The first-order valence-electron chi connectivity index (χ1n) is 8.07. The highest BCUT2D eigenvalue weighted by Crippen LogP contribution is 2.33. The largest absolute Gasteiger partial charge is 0.323 e. The summed E-state index contributed by atoms with van der Waals surface area (Å²) in [6.45, 7) is 1.99. The lowest BCUT2D eigenvalue weighted by molar-refractivity contribution is -0.116. The standard InChI is InChI=1S/C17H27BrN2OS2/c1-13-12-14(22-2)16(17(19-13)23-3)20-15(21)10-8-6-4-5-7-9-11-18/h12H,4-11H2,1-3H3,(H,20,21). The third-order valence-electron chi connectivity index (χ3n) is 3.54. The first-order valence-corrected chi connectivity index (χ1v) is 11.6. The van der Waals surface area contributed by atoms with Crippen molar-refractivity contribution in [1.82, 2.24) is 4.98 Å². The van der Waals surface area contributed by atoms with Crippen LogP contribution in [0.4, 0.5) is 5.69 Å². The maximum Gasteiger partial charge on any atom is 0.224 e. The van der Waals surface area contributed by atoms with Gasteiger partial charge in [0.25, 0.3) is 0 Å². The molecule has 0 saturated heterocycles. The molecule has 1 rings (SSSR count). The molecule has 0 radical (unpaired) electrons. The van der Waals surface area contributed by atoms with E-state index >= 15 is 0 Å². The fourth-order valence-corrected chi connectivity index (χ4v) is 4.03. The Kier molecular flexibility index (Phi) is 11.1. The third-order valence-corrected chi connectivity index (χ3v) is 5.55. The van der Waals surface area contributed by atoms with Gasteiger partial charge in [-0.1, -0.05) is 41.6 Å². The second-order valence-corrected chi connectivity index (χ2v) is 7.89. The number of aromatic nitrogens is 1. The number of carbonyl (C=O) groups is 1. The molecule has 1 aromatic heterocycles. The summed E-state index contributed by atoms with van der Waals surface area (Å²) in [5.74, 6) is 0.0988. The Morgan fingerprint density at radius 2 is 1.78 bits per heavy atom. The van der Waals surface area contributed by atoms with E-state index in [1.165, 1.54) is 25.7 Å². The molecule has 6 heteroatoms. The quantitative estimate of drug-likeness (QED) is 0.276. The first-order chi connectivity index (χ1) is 11.1. The summed E-state index contributed by atoms with van der Waals surface area (Å²) in [5.41, 5.74) is 1.86. The van der Waals surface area contributed by atoms with E-state index in [4.69, 9.17) is 0 Å². The highest BCUT2D eigenvalue weighted by molar-refractivity contribution is 9.09. The van der Waals surface area contributed by atoms with Crippen LogP contribution in [0.15, 0.2) is 16.0 Å². The number of nitrogens with one attached hydrogen (secondary N) is 1. The molecule has 0 aliphatic heterocycles. The molecule has 3 nitrogen and oxygen atoms in total. The van der Waals surface area contributed by atoms with Crippen LogP contribution in [0.3, 0.4) is 0 Å². The number of rotatable bonds is 11. The van der Waals surface area contributed by atoms with Crippen molar-refractivity contribution >= 4 is 51.0 Å². The zero-order valence-corrected chi connectivity index (χ0v) is 17.5. The highest BCUT2D eigenvalue weighted by atomic mass is 79.9. The van der Waals surface area contributed by atoms with Gasteiger partial charge in [0.15, 0.2) is 0 Å². The van der Waals surface area contributed by atoms with Gasteiger partial charge in [-0.05, 0) is 38.3 Å². The lowest BCUT2D eigenvalue weighted by atomic mass is 10.1. The second-order valence-electron chi connectivity index (χ2n) is 5.46. The molecule has 130 valence electrons. The number of halogens is 1. The molecule has 0 bridgehead atoms. The molecule has 1 heterocycles. The zero-order valence-electron chi connectivity index (χ0n) is 14.3. The van der Waals surface area contributed by atoms with E-state index in [1.807, 2.05) is 25.5 Å². The van der Waals surface area contributed by atoms with Gasteiger partial charge < -0.3 is 5.32 Å². The molecular weight excluding hydrogens is 392 g/mol. The minimum atomic E-state index is 0.0988. The van der Waals surface area contributed by atoms with Gasteiger partial charge in [-0.15, -0.1) is 23.5 Å². The number of hydrogen-bond acceptors (Lipinski definition) is 4. The number of anilines is 1. The molecule has 1 aromatic rings. The van der Waals surface area contributed by atoms with Crippen LogP contribution in [-0.4, -0.2) is 28.7 Å². The van der Waals surface area contributed by atoms with Crippen molar-refractivity contribution in [2.75, 3.05) is 23.2 Å². The average Bonchev–Trinajstić information content (AvgIpc) is 2.55. The fraction of sp³-hybridized carbons (Fsp3) is 0.647. The number of thioether (sulfide) groups is 2. The number of unbranched alkanes of at least 4 members (excludes halogenated alkanes) is 5. The number of nitrogens with zero attached hydrogens (tertiary/aromatic N) is 1. The van der Waals surface area contributed by atoms with E-state index in [9.17, 15) is 4.79 Å². The number of carbonyl (C=O) groups excluding carboxylic acids is 1. The Morgan fingerprint density at radius 3 is 2.39 bits per heavy atom. The molecule has 0 atom stereocenters. The van der Waals surface area contributed by atoms with Gasteiger partial charge in [0.05, 0.1) is 5.69 Å². The minimum absolute atomic E-state index is 0.0988. The number of hydrogen-bond donors (Lipinski definition) is 1. The number of amides is 1. The Hall–Kier alpha value is -0.200. The second kappa shape index (κ2) is 12.2. The molecule has 1 N–H and O–H groups in total. The van der Waals surface area contributed by atoms with Gasteiger partial charge in [0.2, 0.25) is 5.91 Å². The monoisotopic (exact) mass is 418 g/mol. The van der Waals surface area contributed by atoms with Gasteiger partial charge in [-0.3, -0.25) is 4.79 Å². The van der Waals surface area contributed by atoms with E-state index in [0.29, 0.717) is 6.42 Å². The van der Waals surface area contributed by atoms with Crippen LogP contribution in [-0.2, 0) is 4.79 Å². The molecule has 23 heavy (non-hydrogen) atoms. The third kappa shape index (κ3) is 7.94. The number of aryl methyl sites for hydroxylation is 1. The van der Waals surface area contributed by atoms with E-state index in [2.05, 4.69) is 26.2 Å². The molecule has 0 spiro atoms. The molecule has 0 aliphatic carbocycles. The van der Waals surface area contributed by atoms with Crippen LogP contribution in [0.1, 0.15) is 50.6 Å². The van der Waals surface area contributed by atoms with Crippen LogP contribution in [0.25, 0.3) is 0 Å². The highest BCUT2D eigenvalue weighted by Gasteiger charge is 2.13. The van der Waals surface area contributed by atoms with Crippen molar-refractivity contribution < 1.29 is 4.79 Å². The van der Waals surface area contributed by atoms with Crippen LogP contribution in [0.2, 0.25) is 0 Å². The summed E-state index contributed by atoms with van der Waals surface area (Å²) in [7, 11) is 0. The van der Waals surface area contributed by atoms with Crippen LogP contribution >= 0.6 is 39.5 Å². The number of pyridine rings is 1. The van der Waals surface area contributed by atoms with Crippen molar-refractivity contribution in [2.45, 2.75) is 61.8 Å². The predicted octanol–water partition coefficient (Wildman–Crippen LogP) is 5.90. The average molecular weight is 419 g/mol. The van der Waals surface area contributed by atoms with Gasteiger partial charge >= 0.3 is 0 Å². The summed E-state index contributed by atoms with van der Waals surface area (Å²) in [6.07, 6.45) is 11.7. The van der Waals surface area contributed by atoms with Crippen LogP contribution < -0.4 is 5.32 Å². The lowest BCUT2D eigenvalue weighted by Gasteiger charge is -2.14. The van der Waals surface area contributed by atoms with Crippen molar-refractivity contribution in [1.29, 1.82) is 0 Å². The van der Waals surface area contributed by atoms with Crippen LogP contribution in [0, 0.1) is 6.92 Å². The Balaban J connectivity index is 2.45. The van der Waals surface area contributed by atoms with Crippen molar-refractivity contribution in [3.8, 4) is 0 Å². The van der Waals surface area contributed by atoms with Gasteiger partial charge in [-0.2, -0.15) is 0 Å². The van der Waals surface area contributed by atoms with E-state index in [-0.39, 0.29) is 5.91 Å². The first kappa shape index (κ1) is 20.8. The van der Waals surface area contributed by atoms with E-state index in [0.717, 1.165) is 39.5 Å². The van der Waals surface area contributed by atoms with Crippen molar-refractivity contribution in [2.24, 2.45) is 0 Å². The Bertz CT molecular complexity index is 472. The predicted molar refractivity (Wildman–Crippen MR) is 107 cm³/mol. The molecule has 0 unspecified atom stereocenters. The molecule has 0 aliphatic rings. The summed E-state index contributed by atoms with van der Waals surface area (Å²) in [4.78, 5) is 17.8. The smallest absolute Gasteiger partial charge is 0.224 e. The maximum atomic E-state index is 12.2. The zero-order chi connectivity index (χ0) is 17.1. The molecule has 0 aromatic carbocycles. The SMILES string of the molecule is CSc1cc(C)nc(SC)c1NC(=O)CCCCCCCCBr. The van der Waals surface area contributed by atoms with Crippen molar-refractivity contribution in [3.63, 3.8) is 0 Å². The van der Waals surface area contributed by atoms with E-state index in [1.54, 1.807) is 23.5 Å². The van der Waals surface area contributed by atoms with Gasteiger partial charge in [0, 0.05) is 22.3 Å². The van der Waals surface area contributed by atoms with E-state index < -0.39 is 0 Å². The summed E-state index contributed by atoms with van der Waals surface area (Å²) in [5, 5.41) is 5.06. The fourth-order valence-electron chi connectivity index (χ4n) is 2.33. The lowest BCUT2D eigenvalue weighted by Crippen LogP contribution is -2.13. The molecule has 1 amide bonds. The van der Waals surface area contributed by atoms with Crippen LogP contribution in [0.5, 0.6) is 0 Å². The summed E-state index contributed by atoms with van der Waals surface area (Å²) in [6, 6.07) is 2.03. The Morgan fingerprint density at radius 1 is 1.13 bits per heavy atom. The topological polar surface area (TPSA) is 42.0 Å². The minimum Gasteiger partial charge on any atom is -0.323 e. The molecule has 0 saturated carbocycles. The Labute approximate surface area is 157 Å².